The van der Waals surface area contributed by atoms with Gasteiger partial charge in [0, 0.05) is 74.6 Å². The lowest BCUT2D eigenvalue weighted by atomic mass is 10.1. The summed E-state index contributed by atoms with van der Waals surface area (Å²) in [5.74, 6) is -3.65. The lowest BCUT2D eigenvalue weighted by molar-refractivity contribution is -0.159. The maximum Gasteiger partial charge on any atom is 0.414 e. The number of rotatable bonds is 10. The molecule has 0 amide bonds. The van der Waals surface area contributed by atoms with Crippen LogP contribution in [0.25, 0.3) is 21.8 Å². The highest BCUT2D eigenvalue weighted by Crippen LogP contribution is 2.17. The minimum Gasteiger partial charge on any atom is -0.473 e. The van der Waals surface area contributed by atoms with Gasteiger partial charge in [-0.15, -0.1) is 0 Å². The highest BCUT2D eigenvalue weighted by atomic mass is 16.5. The normalized spacial score (nSPS) is 10.4. The SMILES string of the molecule is COCCNCc1cccc2[nH]ccc12.COCCNCc1cccc2[nH]ccc12.O=C(O)C(=O)O. The van der Waals surface area contributed by atoms with Crippen molar-refractivity contribution in [3.63, 3.8) is 0 Å². The van der Waals surface area contributed by atoms with Crippen LogP contribution in [0.15, 0.2) is 60.9 Å². The minimum atomic E-state index is -1.82. The van der Waals surface area contributed by atoms with Gasteiger partial charge < -0.3 is 40.3 Å². The number of hydrogen-bond donors (Lipinski definition) is 6. The zero-order chi connectivity index (χ0) is 26.2. The van der Waals surface area contributed by atoms with Gasteiger partial charge in [-0.3, -0.25) is 0 Å². The molecule has 4 aromatic rings. The van der Waals surface area contributed by atoms with Crippen molar-refractivity contribution in [1.82, 2.24) is 20.6 Å². The molecule has 0 fully saturated rings. The van der Waals surface area contributed by atoms with Crippen LogP contribution in [0, 0.1) is 0 Å². The summed E-state index contributed by atoms with van der Waals surface area (Å²) in [5, 5.41) is 24.1. The van der Waals surface area contributed by atoms with Crippen molar-refractivity contribution < 1.29 is 29.3 Å². The van der Waals surface area contributed by atoms with Gasteiger partial charge in [-0.2, -0.15) is 0 Å². The molecule has 0 spiro atoms. The van der Waals surface area contributed by atoms with Crippen LogP contribution in [0.4, 0.5) is 0 Å². The second-order valence-corrected chi connectivity index (χ2v) is 7.66. The monoisotopic (exact) mass is 498 g/mol. The summed E-state index contributed by atoms with van der Waals surface area (Å²) in [6.45, 7) is 5.05. The second kappa shape index (κ2) is 16.1. The van der Waals surface area contributed by atoms with Gasteiger partial charge in [0.1, 0.15) is 0 Å². The minimum absolute atomic E-state index is 0.753. The first-order valence-electron chi connectivity index (χ1n) is 11.4. The molecule has 0 aliphatic heterocycles. The van der Waals surface area contributed by atoms with Crippen LogP contribution < -0.4 is 10.6 Å². The van der Waals surface area contributed by atoms with Crippen LogP contribution in [-0.4, -0.2) is 72.6 Å². The van der Waals surface area contributed by atoms with E-state index < -0.39 is 11.9 Å². The maximum atomic E-state index is 9.10. The Morgan fingerprint density at radius 1 is 0.722 bits per heavy atom. The van der Waals surface area contributed by atoms with E-state index in [1.54, 1.807) is 14.2 Å². The largest absolute Gasteiger partial charge is 0.473 e. The molecule has 0 atom stereocenters. The van der Waals surface area contributed by atoms with E-state index in [9.17, 15) is 0 Å². The van der Waals surface area contributed by atoms with E-state index in [4.69, 9.17) is 29.3 Å². The van der Waals surface area contributed by atoms with Crippen LogP contribution in [0.5, 0.6) is 0 Å². The van der Waals surface area contributed by atoms with Gasteiger partial charge in [0.05, 0.1) is 13.2 Å². The number of methoxy groups -OCH3 is 2. The van der Waals surface area contributed by atoms with Crippen LogP contribution >= 0.6 is 0 Å². The molecule has 2 aromatic heterocycles. The number of fused-ring (bicyclic) bond motifs is 2. The molecule has 10 heteroatoms. The molecule has 0 aliphatic rings. The first-order chi connectivity index (χ1) is 17.5. The number of hydrogen-bond acceptors (Lipinski definition) is 6. The van der Waals surface area contributed by atoms with Crippen molar-refractivity contribution >= 4 is 33.7 Å². The molecule has 6 N–H and O–H groups in total. The van der Waals surface area contributed by atoms with Crippen LogP contribution in [-0.2, 0) is 32.2 Å². The summed E-state index contributed by atoms with van der Waals surface area (Å²) < 4.78 is 9.97. The molecule has 0 unspecified atom stereocenters. The van der Waals surface area contributed by atoms with E-state index in [1.807, 2.05) is 12.4 Å². The molecule has 0 saturated heterocycles. The fourth-order valence-electron chi connectivity index (χ4n) is 3.40. The van der Waals surface area contributed by atoms with E-state index in [0.29, 0.717) is 0 Å². The predicted octanol–water partition coefficient (Wildman–Crippen LogP) is 2.96. The van der Waals surface area contributed by atoms with Crippen molar-refractivity contribution in [3.8, 4) is 0 Å². The number of ether oxygens (including phenoxy) is 2. The molecule has 0 radical (unpaired) electrons. The first-order valence-corrected chi connectivity index (χ1v) is 11.4. The summed E-state index contributed by atoms with van der Waals surface area (Å²) in [4.78, 5) is 24.6. The van der Waals surface area contributed by atoms with Crippen molar-refractivity contribution in [1.29, 1.82) is 0 Å². The van der Waals surface area contributed by atoms with Gasteiger partial charge in [-0.25, -0.2) is 9.59 Å². The molecular weight excluding hydrogens is 464 g/mol. The molecule has 194 valence electrons. The second-order valence-electron chi connectivity index (χ2n) is 7.66. The number of carboxylic acid groups (broad SMARTS) is 2. The molecule has 2 aromatic carbocycles. The number of aromatic amines is 2. The molecule has 36 heavy (non-hydrogen) atoms. The van der Waals surface area contributed by atoms with Crippen molar-refractivity contribution in [3.05, 3.63) is 72.1 Å². The average molecular weight is 499 g/mol. The summed E-state index contributed by atoms with van der Waals surface area (Å²) in [6.07, 6.45) is 3.95. The van der Waals surface area contributed by atoms with E-state index in [2.05, 4.69) is 69.1 Å². The van der Waals surface area contributed by atoms with Gasteiger partial charge in [0.2, 0.25) is 0 Å². The Morgan fingerprint density at radius 3 is 1.50 bits per heavy atom. The van der Waals surface area contributed by atoms with E-state index in [-0.39, 0.29) is 0 Å². The zero-order valence-corrected chi connectivity index (χ0v) is 20.5. The number of benzene rings is 2. The number of aliphatic carboxylic acids is 2. The zero-order valence-electron chi connectivity index (χ0n) is 20.5. The average Bonchev–Trinajstić information content (AvgIpc) is 3.55. The van der Waals surface area contributed by atoms with Crippen LogP contribution in [0.3, 0.4) is 0 Å². The molecule has 0 bridgehead atoms. The molecule has 0 saturated carbocycles. The summed E-state index contributed by atoms with van der Waals surface area (Å²) in [5.41, 5.74) is 5.04. The summed E-state index contributed by atoms with van der Waals surface area (Å²) in [7, 11) is 3.43. The molecule has 2 heterocycles. The van der Waals surface area contributed by atoms with Gasteiger partial charge in [-0.1, -0.05) is 24.3 Å². The van der Waals surface area contributed by atoms with Gasteiger partial charge >= 0.3 is 11.9 Å². The third kappa shape index (κ3) is 9.51. The lowest BCUT2D eigenvalue weighted by Crippen LogP contribution is -2.18. The quantitative estimate of drug-likeness (QED) is 0.144. The van der Waals surface area contributed by atoms with Crippen LogP contribution in [0.2, 0.25) is 0 Å². The van der Waals surface area contributed by atoms with Gasteiger partial charge in [-0.05, 0) is 35.4 Å². The lowest BCUT2D eigenvalue weighted by Gasteiger charge is -2.05. The Hall–Kier alpha value is -3.70. The predicted molar refractivity (Wildman–Crippen MR) is 139 cm³/mol. The number of aromatic nitrogens is 2. The topological polar surface area (TPSA) is 149 Å². The summed E-state index contributed by atoms with van der Waals surface area (Å²) in [6, 6.07) is 16.9. The van der Waals surface area contributed by atoms with Gasteiger partial charge in [0.25, 0.3) is 0 Å². The summed E-state index contributed by atoms with van der Waals surface area (Å²) >= 11 is 0. The molecule has 10 nitrogen and oxygen atoms in total. The Balaban J connectivity index is 0.000000208. The van der Waals surface area contributed by atoms with E-state index >= 15 is 0 Å². The fourth-order valence-corrected chi connectivity index (χ4v) is 3.40. The van der Waals surface area contributed by atoms with Crippen molar-refractivity contribution in [2.75, 3.05) is 40.5 Å². The van der Waals surface area contributed by atoms with Crippen molar-refractivity contribution in [2.45, 2.75) is 13.1 Å². The third-order valence-electron chi connectivity index (χ3n) is 5.15. The Bertz CT molecular complexity index is 1110. The first kappa shape index (κ1) is 28.5. The van der Waals surface area contributed by atoms with Gasteiger partial charge in [0.15, 0.2) is 0 Å². The van der Waals surface area contributed by atoms with E-state index in [1.165, 1.54) is 32.9 Å². The Kier molecular flexibility index (Phi) is 12.7. The molecule has 4 rings (SSSR count). The molecular formula is C26H34N4O6. The smallest absolute Gasteiger partial charge is 0.414 e. The number of carbonyl (C=O) groups is 2. The van der Waals surface area contributed by atoms with Crippen LogP contribution in [0.1, 0.15) is 11.1 Å². The third-order valence-corrected chi connectivity index (χ3v) is 5.15. The Morgan fingerprint density at radius 2 is 1.14 bits per heavy atom. The highest BCUT2D eigenvalue weighted by molar-refractivity contribution is 6.27. The maximum absolute atomic E-state index is 9.10. The van der Waals surface area contributed by atoms with E-state index in [0.717, 1.165) is 39.4 Å². The fraction of sp³-hybridized carbons (Fsp3) is 0.308. The highest BCUT2D eigenvalue weighted by Gasteiger charge is 2.04. The number of nitrogens with one attached hydrogen (secondary N) is 4. The van der Waals surface area contributed by atoms with Crippen molar-refractivity contribution in [2.24, 2.45) is 0 Å². The number of H-pyrrole nitrogens is 2. The Labute approximate surface area is 209 Å². The standard InChI is InChI=1S/2C12H16N2O.C2H2O4/c2*1-15-8-7-13-9-10-3-2-4-12-11(10)5-6-14-12;3-1(4)2(5)6/h2*2-6,13-14H,7-9H2,1H3;(H,3,4)(H,5,6). The number of carboxylic acids is 2. The molecule has 0 aliphatic carbocycles.